The zero-order chi connectivity index (χ0) is 14.3. The van der Waals surface area contributed by atoms with Crippen LogP contribution in [0.3, 0.4) is 0 Å². The summed E-state index contributed by atoms with van der Waals surface area (Å²) in [6.45, 7) is 7.61. The number of hydrogen-bond acceptors (Lipinski definition) is 2. The number of nitrogens with zero attached hydrogens (tertiary/aromatic N) is 3. The first-order chi connectivity index (χ1) is 9.46. The van der Waals surface area contributed by atoms with Crippen LogP contribution in [0, 0.1) is 5.41 Å². The second-order valence-corrected chi connectivity index (χ2v) is 7.04. The smallest absolute Gasteiger partial charge is 0.110 e. The van der Waals surface area contributed by atoms with Gasteiger partial charge in [0.05, 0.1) is 17.6 Å². The zero-order valence-electron chi connectivity index (χ0n) is 12.3. The van der Waals surface area contributed by atoms with E-state index in [1.165, 1.54) is 5.56 Å². The Morgan fingerprint density at radius 2 is 2.15 bits per heavy atom. The monoisotopic (exact) mass is 289 g/mol. The summed E-state index contributed by atoms with van der Waals surface area (Å²) in [6.07, 6.45) is 6.81. The number of pyridine rings is 1. The van der Waals surface area contributed by atoms with E-state index in [4.69, 9.17) is 16.6 Å². The number of halogens is 1. The van der Waals surface area contributed by atoms with Crippen molar-refractivity contribution in [3.63, 3.8) is 0 Å². The van der Waals surface area contributed by atoms with Crippen LogP contribution in [0.1, 0.15) is 44.9 Å². The molecule has 0 atom stereocenters. The number of aromatic nitrogens is 2. The van der Waals surface area contributed by atoms with Gasteiger partial charge in [0.2, 0.25) is 0 Å². The highest BCUT2D eigenvalue weighted by Gasteiger charge is 2.22. The van der Waals surface area contributed by atoms with Gasteiger partial charge in [-0.3, -0.25) is 4.99 Å². The first-order valence-corrected chi connectivity index (χ1v) is 7.51. The predicted octanol–water partition coefficient (Wildman–Crippen LogP) is 4.16. The molecule has 1 aliphatic carbocycles. The molecule has 0 unspecified atom stereocenters. The highest BCUT2D eigenvalue weighted by molar-refractivity contribution is 6.32. The molecule has 0 N–H and O–H groups in total. The third-order valence-corrected chi connectivity index (χ3v) is 4.15. The first-order valence-electron chi connectivity index (χ1n) is 7.13. The lowest BCUT2D eigenvalue weighted by atomic mass is 9.92. The van der Waals surface area contributed by atoms with E-state index in [2.05, 4.69) is 30.2 Å². The Labute approximate surface area is 124 Å². The van der Waals surface area contributed by atoms with Crippen molar-refractivity contribution in [3.8, 4) is 0 Å². The van der Waals surface area contributed by atoms with Crippen molar-refractivity contribution in [3.05, 3.63) is 34.9 Å². The molecule has 2 heterocycles. The van der Waals surface area contributed by atoms with E-state index >= 15 is 0 Å². The van der Waals surface area contributed by atoms with Gasteiger partial charge in [0, 0.05) is 17.8 Å². The van der Waals surface area contributed by atoms with Crippen molar-refractivity contribution < 1.29 is 0 Å². The Bertz CT molecular complexity index is 677. The molecule has 0 saturated carbocycles. The molecule has 0 fully saturated rings. The molecule has 3 rings (SSSR count). The fourth-order valence-electron chi connectivity index (χ4n) is 2.62. The molecular weight excluding hydrogens is 270 g/mol. The predicted molar refractivity (Wildman–Crippen MR) is 84.0 cm³/mol. The maximum atomic E-state index is 6.30. The van der Waals surface area contributed by atoms with Crippen LogP contribution in [0.2, 0.25) is 5.02 Å². The van der Waals surface area contributed by atoms with Gasteiger partial charge >= 0.3 is 0 Å². The van der Waals surface area contributed by atoms with Crippen LogP contribution in [0.5, 0.6) is 0 Å². The fourth-order valence-corrected chi connectivity index (χ4v) is 2.86. The van der Waals surface area contributed by atoms with Crippen LogP contribution in [-0.4, -0.2) is 21.6 Å². The number of aliphatic imine (C=N–C) groups is 1. The maximum absolute atomic E-state index is 6.30. The third kappa shape index (κ3) is 2.47. The van der Waals surface area contributed by atoms with Crippen molar-refractivity contribution in [1.82, 2.24) is 9.38 Å². The van der Waals surface area contributed by atoms with Gasteiger partial charge in [0.15, 0.2) is 0 Å². The van der Waals surface area contributed by atoms with E-state index in [-0.39, 0.29) is 0 Å². The summed E-state index contributed by atoms with van der Waals surface area (Å²) in [6, 6.07) is 1.94. The van der Waals surface area contributed by atoms with E-state index in [0.29, 0.717) is 5.41 Å². The number of rotatable bonds is 2. The molecule has 0 spiro atoms. The Morgan fingerprint density at radius 1 is 1.35 bits per heavy atom. The summed E-state index contributed by atoms with van der Waals surface area (Å²) in [7, 11) is 0. The van der Waals surface area contributed by atoms with E-state index in [0.717, 1.165) is 47.8 Å². The van der Waals surface area contributed by atoms with Gasteiger partial charge in [-0.15, -0.1) is 0 Å². The second kappa shape index (κ2) is 4.88. The number of imidazole rings is 1. The van der Waals surface area contributed by atoms with Gasteiger partial charge in [-0.1, -0.05) is 32.4 Å². The lowest BCUT2D eigenvalue weighted by Gasteiger charge is -2.18. The summed E-state index contributed by atoms with van der Waals surface area (Å²) in [4.78, 5) is 9.33. The average Bonchev–Trinajstić information content (AvgIpc) is 2.79. The highest BCUT2D eigenvalue weighted by atomic mass is 35.5. The lowest BCUT2D eigenvalue weighted by molar-refractivity contribution is 0.385. The van der Waals surface area contributed by atoms with Crippen LogP contribution < -0.4 is 0 Å². The minimum Gasteiger partial charge on any atom is -0.305 e. The highest BCUT2D eigenvalue weighted by Crippen LogP contribution is 2.30. The molecule has 0 bridgehead atoms. The Balaban J connectivity index is 1.96. The van der Waals surface area contributed by atoms with Gasteiger partial charge in [-0.25, -0.2) is 4.98 Å². The number of aryl methyl sites for hydroxylation is 1. The molecule has 2 aromatic heterocycles. The summed E-state index contributed by atoms with van der Waals surface area (Å²) in [5, 5.41) is 0.841. The van der Waals surface area contributed by atoms with Gasteiger partial charge in [0.25, 0.3) is 0 Å². The Hall–Kier alpha value is -1.35. The lowest BCUT2D eigenvalue weighted by Crippen LogP contribution is -2.14. The average molecular weight is 290 g/mol. The SMILES string of the molecule is CC(C)(C)CCN=C1CCc2c(Cl)ccn3cnc1c23. The largest absolute Gasteiger partial charge is 0.305 e. The molecule has 0 amide bonds. The molecule has 106 valence electrons. The maximum Gasteiger partial charge on any atom is 0.110 e. The topological polar surface area (TPSA) is 29.7 Å². The fraction of sp³-hybridized carbons (Fsp3) is 0.500. The van der Waals surface area contributed by atoms with E-state index in [1.807, 2.05) is 18.6 Å². The summed E-state index contributed by atoms with van der Waals surface area (Å²) in [5.74, 6) is 0. The van der Waals surface area contributed by atoms with Crippen LogP contribution in [0.25, 0.3) is 5.52 Å². The minimum atomic E-state index is 0.323. The molecule has 2 aromatic rings. The van der Waals surface area contributed by atoms with Crippen molar-refractivity contribution in [2.24, 2.45) is 10.4 Å². The van der Waals surface area contributed by atoms with Crippen LogP contribution in [0.4, 0.5) is 0 Å². The van der Waals surface area contributed by atoms with Crippen LogP contribution >= 0.6 is 11.6 Å². The van der Waals surface area contributed by atoms with E-state index in [9.17, 15) is 0 Å². The molecule has 0 radical (unpaired) electrons. The standard InChI is InChI=1S/C16H20ClN3/c1-16(2,3)7-8-18-13-5-4-11-12(17)6-9-20-10-19-14(13)15(11)20/h6,9-10H,4-5,7-8H2,1-3H3. The number of hydrogen-bond donors (Lipinski definition) is 0. The third-order valence-electron chi connectivity index (χ3n) is 3.80. The van der Waals surface area contributed by atoms with Crippen LogP contribution in [0.15, 0.2) is 23.6 Å². The van der Waals surface area contributed by atoms with Crippen molar-refractivity contribution in [2.45, 2.75) is 40.0 Å². The quantitative estimate of drug-likeness (QED) is 0.816. The first kappa shape index (κ1) is 13.6. The van der Waals surface area contributed by atoms with E-state index in [1.54, 1.807) is 0 Å². The molecule has 20 heavy (non-hydrogen) atoms. The summed E-state index contributed by atoms with van der Waals surface area (Å²) >= 11 is 6.30. The van der Waals surface area contributed by atoms with Crippen molar-refractivity contribution in [1.29, 1.82) is 0 Å². The Morgan fingerprint density at radius 3 is 2.90 bits per heavy atom. The molecule has 3 nitrogen and oxygen atoms in total. The molecule has 0 saturated heterocycles. The van der Waals surface area contributed by atoms with Gasteiger partial charge in [0.1, 0.15) is 5.69 Å². The molecular formula is C16H20ClN3. The zero-order valence-corrected chi connectivity index (χ0v) is 13.0. The van der Waals surface area contributed by atoms with Gasteiger partial charge in [-0.2, -0.15) is 0 Å². The van der Waals surface area contributed by atoms with Crippen molar-refractivity contribution in [2.75, 3.05) is 6.54 Å². The van der Waals surface area contributed by atoms with Gasteiger partial charge in [-0.05, 0) is 36.3 Å². The van der Waals surface area contributed by atoms with Gasteiger partial charge < -0.3 is 4.40 Å². The molecule has 1 aliphatic rings. The van der Waals surface area contributed by atoms with Crippen molar-refractivity contribution >= 4 is 22.8 Å². The molecule has 0 aliphatic heterocycles. The Kier molecular flexibility index (Phi) is 3.33. The minimum absolute atomic E-state index is 0.323. The molecule has 4 heteroatoms. The normalized spacial score (nSPS) is 17.1. The second-order valence-electron chi connectivity index (χ2n) is 6.63. The van der Waals surface area contributed by atoms with E-state index < -0.39 is 0 Å². The molecule has 0 aromatic carbocycles. The summed E-state index contributed by atoms with van der Waals surface area (Å²) < 4.78 is 2.05. The van der Waals surface area contributed by atoms with Crippen LogP contribution in [-0.2, 0) is 6.42 Å². The summed E-state index contributed by atoms with van der Waals surface area (Å²) in [5.41, 5.74) is 4.81.